The topological polar surface area (TPSA) is 54.9 Å². The molecule has 23 heavy (non-hydrogen) atoms. The van der Waals surface area contributed by atoms with Gasteiger partial charge >= 0.3 is 0 Å². The molecule has 0 saturated carbocycles. The van der Waals surface area contributed by atoms with Crippen molar-refractivity contribution in [2.75, 3.05) is 26.8 Å². The number of fused-ring (bicyclic) bond motifs is 1. The summed E-state index contributed by atoms with van der Waals surface area (Å²) in [7, 11) is 1.80. The van der Waals surface area contributed by atoms with Gasteiger partial charge in [0.25, 0.3) is 0 Å². The number of aliphatic imine (C=N–C) groups is 1. The van der Waals surface area contributed by atoms with E-state index in [-0.39, 0.29) is 11.6 Å². The lowest BCUT2D eigenvalue weighted by Crippen LogP contribution is -2.45. The molecule has 1 aliphatic heterocycles. The van der Waals surface area contributed by atoms with Gasteiger partial charge in [0, 0.05) is 38.8 Å². The molecular formula is C18H29N3O2. The predicted octanol–water partition coefficient (Wildman–Crippen LogP) is 2.88. The zero-order valence-corrected chi connectivity index (χ0v) is 14.7. The van der Waals surface area contributed by atoms with Gasteiger partial charge in [0.05, 0.1) is 6.04 Å². The van der Waals surface area contributed by atoms with Crippen LogP contribution in [0.5, 0.6) is 5.75 Å². The largest absolute Gasteiger partial charge is 0.487 e. The van der Waals surface area contributed by atoms with Crippen molar-refractivity contribution in [2.45, 2.75) is 45.3 Å². The van der Waals surface area contributed by atoms with Crippen LogP contribution in [0.25, 0.3) is 0 Å². The van der Waals surface area contributed by atoms with Crippen LogP contribution >= 0.6 is 0 Å². The summed E-state index contributed by atoms with van der Waals surface area (Å²) in [6.45, 7) is 8.63. The zero-order valence-electron chi connectivity index (χ0n) is 14.7. The summed E-state index contributed by atoms with van der Waals surface area (Å²) >= 11 is 0. The summed E-state index contributed by atoms with van der Waals surface area (Å²) < 4.78 is 11.4. The Labute approximate surface area is 139 Å². The highest BCUT2D eigenvalue weighted by Crippen LogP contribution is 2.39. The molecule has 1 atom stereocenters. The van der Waals surface area contributed by atoms with Gasteiger partial charge in [0.1, 0.15) is 11.4 Å². The Morgan fingerprint density at radius 2 is 2.17 bits per heavy atom. The van der Waals surface area contributed by atoms with Crippen molar-refractivity contribution in [2.24, 2.45) is 4.99 Å². The molecular weight excluding hydrogens is 290 g/mol. The van der Waals surface area contributed by atoms with Crippen LogP contribution in [0.1, 0.15) is 45.2 Å². The lowest BCUT2D eigenvalue weighted by molar-refractivity contribution is 0.0694. The van der Waals surface area contributed by atoms with E-state index in [1.165, 1.54) is 5.56 Å². The van der Waals surface area contributed by atoms with Crippen molar-refractivity contribution < 1.29 is 9.47 Å². The average Bonchev–Trinajstić information content (AvgIpc) is 2.52. The number of nitrogens with zero attached hydrogens (tertiary/aromatic N) is 1. The maximum atomic E-state index is 6.07. The van der Waals surface area contributed by atoms with E-state index in [9.17, 15) is 0 Å². The molecule has 0 aliphatic carbocycles. The Bertz CT molecular complexity index is 529. The quantitative estimate of drug-likeness (QED) is 0.481. The third-order valence-corrected chi connectivity index (χ3v) is 3.87. The van der Waals surface area contributed by atoms with Gasteiger partial charge in [-0.05, 0) is 33.3 Å². The van der Waals surface area contributed by atoms with Crippen molar-refractivity contribution in [1.29, 1.82) is 0 Å². The molecule has 1 aliphatic rings. The van der Waals surface area contributed by atoms with Crippen LogP contribution in [0.3, 0.4) is 0 Å². The lowest BCUT2D eigenvalue weighted by atomic mass is 9.90. The van der Waals surface area contributed by atoms with Gasteiger partial charge < -0.3 is 20.1 Å². The van der Waals surface area contributed by atoms with Crippen LogP contribution in [0.4, 0.5) is 0 Å². The molecule has 2 rings (SSSR count). The number of guanidine groups is 1. The van der Waals surface area contributed by atoms with E-state index in [2.05, 4.69) is 35.5 Å². The number of hydrogen-bond acceptors (Lipinski definition) is 3. The monoisotopic (exact) mass is 319 g/mol. The molecule has 2 N–H and O–H groups in total. The smallest absolute Gasteiger partial charge is 0.191 e. The third kappa shape index (κ3) is 5.13. The van der Waals surface area contributed by atoms with E-state index in [1.807, 2.05) is 25.1 Å². The first-order valence-electron chi connectivity index (χ1n) is 8.38. The fourth-order valence-electron chi connectivity index (χ4n) is 2.82. The summed E-state index contributed by atoms with van der Waals surface area (Å²) in [4.78, 5) is 4.33. The van der Waals surface area contributed by atoms with Gasteiger partial charge in [-0.15, -0.1) is 0 Å². The number of benzene rings is 1. The highest BCUT2D eigenvalue weighted by atomic mass is 16.5. The molecule has 5 nitrogen and oxygen atoms in total. The lowest BCUT2D eigenvalue weighted by Gasteiger charge is -2.38. The number of nitrogens with one attached hydrogen (secondary N) is 2. The van der Waals surface area contributed by atoms with Crippen LogP contribution < -0.4 is 15.4 Å². The molecule has 0 bridgehead atoms. The van der Waals surface area contributed by atoms with E-state index in [1.54, 1.807) is 7.05 Å². The minimum Gasteiger partial charge on any atom is -0.487 e. The summed E-state index contributed by atoms with van der Waals surface area (Å²) in [5.41, 5.74) is 0.990. The molecule has 0 radical (unpaired) electrons. The average molecular weight is 319 g/mol. The van der Waals surface area contributed by atoms with Gasteiger partial charge in [-0.25, -0.2) is 0 Å². The first-order chi connectivity index (χ1) is 11.1. The van der Waals surface area contributed by atoms with Gasteiger partial charge in [-0.1, -0.05) is 18.2 Å². The molecule has 1 aromatic rings. The SMILES string of the molecule is CCOCCCNC(=NC)NC1CC(C)(C)Oc2ccccc21. The maximum Gasteiger partial charge on any atom is 0.191 e. The van der Waals surface area contributed by atoms with Crippen LogP contribution in [-0.2, 0) is 4.74 Å². The number of rotatable bonds is 6. The Morgan fingerprint density at radius 1 is 1.39 bits per heavy atom. The highest BCUT2D eigenvalue weighted by molar-refractivity contribution is 5.80. The van der Waals surface area contributed by atoms with Crippen LogP contribution in [0.2, 0.25) is 0 Å². The molecule has 0 spiro atoms. The molecule has 0 amide bonds. The Balaban J connectivity index is 1.97. The van der Waals surface area contributed by atoms with Crippen LogP contribution in [-0.4, -0.2) is 38.4 Å². The fraction of sp³-hybridized carbons (Fsp3) is 0.611. The Hall–Kier alpha value is -1.75. The van der Waals surface area contributed by atoms with Gasteiger partial charge in [-0.3, -0.25) is 4.99 Å². The van der Waals surface area contributed by atoms with Crippen molar-refractivity contribution >= 4 is 5.96 Å². The van der Waals surface area contributed by atoms with Crippen molar-refractivity contribution in [3.05, 3.63) is 29.8 Å². The highest BCUT2D eigenvalue weighted by Gasteiger charge is 2.33. The van der Waals surface area contributed by atoms with Crippen molar-refractivity contribution in [3.63, 3.8) is 0 Å². The van der Waals surface area contributed by atoms with E-state index in [4.69, 9.17) is 9.47 Å². The molecule has 1 unspecified atom stereocenters. The minimum absolute atomic E-state index is 0.188. The Kier molecular flexibility index (Phi) is 6.28. The molecule has 128 valence electrons. The van der Waals surface area contributed by atoms with Crippen molar-refractivity contribution in [1.82, 2.24) is 10.6 Å². The van der Waals surface area contributed by atoms with E-state index < -0.39 is 0 Å². The first-order valence-corrected chi connectivity index (χ1v) is 8.38. The molecule has 0 aromatic heterocycles. The molecule has 5 heteroatoms. The second-order valence-electron chi connectivity index (χ2n) is 6.35. The normalized spacial score (nSPS) is 19.7. The summed E-state index contributed by atoms with van der Waals surface area (Å²) in [6, 6.07) is 8.40. The predicted molar refractivity (Wildman–Crippen MR) is 94.1 cm³/mol. The zero-order chi connectivity index (χ0) is 16.7. The van der Waals surface area contributed by atoms with Gasteiger partial charge in [0.2, 0.25) is 0 Å². The second kappa shape index (κ2) is 8.20. The first kappa shape index (κ1) is 17.6. The molecule has 0 fully saturated rings. The molecule has 1 aromatic carbocycles. The number of ether oxygens (including phenoxy) is 2. The van der Waals surface area contributed by atoms with Crippen LogP contribution in [0, 0.1) is 0 Å². The van der Waals surface area contributed by atoms with E-state index in [0.29, 0.717) is 0 Å². The standard InChI is InChI=1S/C18H29N3O2/c1-5-22-12-8-11-20-17(19-4)21-15-13-18(2,3)23-16-10-7-6-9-14(15)16/h6-7,9-10,15H,5,8,11-13H2,1-4H3,(H2,19,20,21). The van der Waals surface area contributed by atoms with E-state index >= 15 is 0 Å². The summed E-state index contributed by atoms with van der Waals surface area (Å²) in [5, 5.41) is 6.88. The Morgan fingerprint density at radius 3 is 2.91 bits per heavy atom. The fourth-order valence-corrected chi connectivity index (χ4v) is 2.82. The van der Waals surface area contributed by atoms with E-state index in [0.717, 1.165) is 44.3 Å². The summed E-state index contributed by atoms with van der Waals surface area (Å²) in [5.74, 6) is 1.77. The molecule has 1 heterocycles. The van der Waals surface area contributed by atoms with Gasteiger partial charge in [0.15, 0.2) is 5.96 Å². The number of para-hydroxylation sites is 1. The van der Waals surface area contributed by atoms with Crippen LogP contribution in [0.15, 0.2) is 29.3 Å². The maximum absolute atomic E-state index is 6.07. The van der Waals surface area contributed by atoms with Crippen molar-refractivity contribution in [3.8, 4) is 5.75 Å². The van der Waals surface area contributed by atoms with Gasteiger partial charge in [-0.2, -0.15) is 0 Å². The summed E-state index contributed by atoms with van der Waals surface area (Å²) in [6.07, 6.45) is 1.86. The molecule has 0 saturated heterocycles. The number of hydrogen-bond donors (Lipinski definition) is 2. The minimum atomic E-state index is -0.195. The third-order valence-electron chi connectivity index (χ3n) is 3.87. The second-order valence-corrected chi connectivity index (χ2v) is 6.35.